The Balaban J connectivity index is 0.000000150. The maximum absolute atomic E-state index is 14.9. The van der Waals surface area contributed by atoms with Crippen LogP contribution < -0.4 is 26.1 Å². The maximum Gasteiger partial charge on any atom is 1.00 e. The standard InChI is InChI=1S/C23H15FN3.C20H15BFN3.C20H15FN3.C19H14FN4.C15H13N3S.5Cu/c24-22(20-11-3-4-14-25-20)21-13-6-12-19(26-21)17-9-5-8-16-15-7-1-2-10-18(15)27-23(16)17;1-14-6-2-11-18(24-14)21(22)19-12-4-10-17(25-19)16-9-3-7-15-8-5-13-23-20(15)16;1-13-5-2-9-17(23-13)19(21)18-10-4-8-16(24-18)15-7-3-6-14-11-12-22-20(14)15;1-12-5-2-8-15(23-12)18(20)16-9-4-7-14(24-16)13-6-3-10-17-19(13)22-11-21-17;19-15-8-2-1-6-13(15)14-7-3-5-12(17-14)11-18-10-4-9-16-18;;;;;/h1-14,22H;2-13H,1H3;2-12,19H,1H3;2-11,18H,1H3;1-10,19H,11H2;;;;;/q-1;;2*-1;;;4*+1/p-1. The molecule has 14 aromatic heterocycles. The fraction of sp³-hybridized carbons (Fsp3) is 0.0722. The molecule has 0 spiro atoms. The zero-order chi connectivity index (χ0) is 81.6. The molecule has 0 aliphatic heterocycles. The normalized spacial score (nSPS) is 11.3. The summed E-state index contributed by atoms with van der Waals surface area (Å²) in [7, 11) is 0. The second-order valence-corrected chi connectivity index (χ2v) is 28.2. The smallest absolute Gasteiger partial charge is 0.779 e. The first-order valence-electron chi connectivity index (χ1n) is 38.3. The Bertz CT molecular complexity index is 6750. The molecular weight excluding hydrogens is 1830 g/mol. The third-order valence-electron chi connectivity index (χ3n) is 19.6. The van der Waals surface area contributed by atoms with Gasteiger partial charge in [-0.25, -0.2) is 28.1 Å². The largest absolute Gasteiger partial charge is 1.00 e. The van der Waals surface area contributed by atoms with Gasteiger partial charge in [-0.1, -0.05) is 194 Å². The van der Waals surface area contributed by atoms with Gasteiger partial charge in [-0.2, -0.15) is 16.2 Å². The molecule has 27 heteroatoms. The van der Waals surface area contributed by atoms with Gasteiger partial charge >= 0.3 is 75.3 Å². The third-order valence-corrected chi connectivity index (χ3v) is 19.9. The zero-order valence-corrected chi connectivity index (χ0v) is 71.5. The Morgan fingerprint density at radius 3 is 1.45 bits per heavy atom. The van der Waals surface area contributed by atoms with Crippen molar-refractivity contribution in [1.82, 2.24) is 79.6 Å². The molecule has 1 radical (unpaired) electrons. The van der Waals surface area contributed by atoms with Crippen LogP contribution >= 0.6 is 0 Å². The third kappa shape index (κ3) is 21.8. The number of fused-ring (bicyclic) bond motifs is 6. The van der Waals surface area contributed by atoms with Crippen molar-refractivity contribution in [2.24, 2.45) is 0 Å². The molecule has 0 bridgehead atoms. The van der Waals surface area contributed by atoms with Crippen LogP contribution in [0.1, 0.15) is 75.5 Å². The number of alkyl halides is 3. The van der Waals surface area contributed by atoms with Crippen molar-refractivity contribution < 1.29 is 103 Å². The number of imidazole rings is 1. The number of para-hydroxylation sites is 5. The van der Waals surface area contributed by atoms with Crippen LogP contribution in [-0.2, 0) is 105 Å². The minimum Gasteiger partial charge on any atom is -0.779 e. The minimum atomic E-state index is -1.37. The summed E-state index contributed by atoms with van der Waals surface area (Å²) in [5.41, 5.74) is 19.6. The van der Waals surface area contributed by atoms with Gasteiger partial charge in [0.05, 0.1) is 91.6 Å². The second kappa shape index (κ2) is 43.7. The number of pyridine rings is 10. The van der Waals surface area contributed by atoms with Gasteiger partial charge in [0.2, 0.25) is 0 Å². The van der Waals surface area contributed by atoms with Gasteiger partial charge in [0.15, 0.2) is 18.5 Å². The summed E-state index contributed by atoms with van der Waals surface area (Å²) >= 11 is 5.34. The molecule has 20 rings (SSSR count). The van der Waals surface area contributed by atoms with Crippen molar-refractivity contribution >= 4 is 85.5 Å². The SMILES string of the molecule is Cc1cccc(B(F)c2cccc(-c3cccc4cccnc34)n2)n1.Cc1cccc(C(F)c2cccc(-c3cccc4cc[n-]c34)n2)n1.Cc1cccc(C(F)c2cccc(-c3cccc4nc[n-]c34)n2)n1.FC(c1ccccn1)c1cccc(-c2cccc3c2[n-]c2ccccc23)n1.[Cu+].[Cu+].[Cu+].[Cu+].[Cu].[S-]c1ccccc1-c1cccc(Cn2cccn2)n1. The van der Waals surface area contributed by atoms with E-state index in [9.17, 15) is 17.5 Å². The molecular formula is C97H71BCu5F4N16S. The van der Waals surface area contributed by atoms with E-state index in [4.69, 9.17) is 17.6 Å². The van der Waals surface area contributed by atoms with E-state index in [1.165, 1.54) is 6.33 Å². The fourth-order valence-electron chi connectivity index (χ4n) is 13.9. The first-order chi connectivity index (χ1) is 58.3. The fourth-order valence-corrected chi connectivity index (χ4v) is 14.1. The number of hydrogen-bond acceptors (Lipinski definition) is 13. The first kappa shape index (κ1) is 92.4. The predicted octanol–water partition coefficient (Wildman–Crippen LogP) is 20.1. The summed E-state index contributed by atoms with van der Waals surface area (Å²) in [6.07, 6.45) is 6.25. The molecule has 0 fully saturated rings. The van der Waals surface area contributed by atoms with Gasteiger partial charge in [-0.3, -0.25) is 39.6 Å². The summed E-state index contributed by atoms with van der Waals surface area (Å²) in [5.74, 6) is 0. The molecule has 0 aliphatic rings. The number of benzene rings is 6. The molecule has 3 atom stereocenters. The van der Waals surface area contributed by atoms with Crippen molar-refractivity contribution in [2.75, 3.05) is 0 Å². The Labute approximate surface area is 772 Å². The number of rotatable bonds is 15. The molecule has 3 unspecified atom stereocenters. The average Bonchev–Trinajstić information content (AvgIpc) is 1.63. The van der Waals surface area contributed by atoms with Crippen LogP contribution in [0.3, 0.4) is 0 Å². The molecule has 0 amide bonds. The van der Waals surface area contributed by atoms with Crippen LogP contribution in [0.4, 0.5) is 17.5 Å². The minimum absolute atomic E-state index is 0. The summed E-state index contributed by atoms with van der Waals surface area (Å²) < 4.78 is 61.4. The van der Waals surface area contributed by atoms with Gasteiger partial charge in [-0.05, 0) is 186 Å². The average molecular weight is 1900 g/mol. The van der Waals surface area contributed by atoms with E-state index in [1.807, 2.05) is 256 Å². The van der Waals surface area contributed by atoms with Crippen LogP contribution in [0.2, 0.25) is 0 Å². The predicted molar refractivity (Wildman–Crippen MR) is 465 cm³/mol. The molecule has 16 nitrogen and oxygen atoms in total. The second-order valence-electron chi connectivity index (χ2n) is 27.8. The van der Waals surface area contributed by atoms with E-state index in [1.54, 1.807) is 97.6 Å². The van der Waals surface area contributed by atoms with Gasteiger partial charge in [0, 0.05) is 75.5 Å². The van der Waals surface area contributed by atoms with Crippen molar-refractivity contribution in [2.45, 2.75) is 50.7 Å². The summed E-state index contributed by atoms with van der Waals surface area (Å²) in [4.78, 5) is 62.6. The molecule has 0 N–H and O–H groups in total. The molecule has 6 aromatic carbocycles. The maximum atomic E-state index is 14.9. The van der Waals surface area contributed by atoms with E-state index < -0.39 is 25.5 Å². The molecule has 0 saturated heterocycles. The van der Waals surface area contributed by atoms with Gasteiger partial charge in [-0.15, -0.1) is 16.6 Å². The van der Waals surface area contributed by atoms with E-state index >= 15 is 0 Å². The van der Waals surface area contributed by atoms with E-state index in [2.05, 4.69) is 82.0 Å². The Kier molecular flexibility index (Phi) is 32.5. The molecule has 14 heterocycles. The van der Waals surface area contributed by atoms with Crippen molar-refractivity contribution in [1.29, 1.82) is 0 Å². The van der Waals surface area contributed by atoms with E-state index in [0.29, 0.717) is 74.7 Å². The Morgan fingerprint density at radius 2 is 0.831 bits per heavy atom. The number of nitrogens with zero attached hydrogens (tertiary/aromatic N) is 16. The topological polar surface area (TPSA) is 202 Å². The quantitative estimate of drug-likeness (QED) is 0.0532. The van der Waals surface area contributed by atoms with Crippen LogP contribution in [0.15, 0.2) is 352 Å². The molecule has 631 valence electrons. The summed E-state index contributed by atoms with van der Waals surface area (Å²) in [6.45, 7) is 4.85. The molecule has 0 aliphatic carbocycles. The van der Waals surface area contributed by atoms with E-state index in [-0.39, 0.29) is 85.3 Å². The number of aromatic nitrogens is 16. The number of aryl methyl sites for hydroxylation is 3. The van der Waals surface area contributed by atoms with Crippen LogP contribution in [0.25, 0.3) is 111 Å². The van der Waals surface area contributed by atoms with Crippen LogP contribution in [0, 0.1) is 20.8 Å². The van der Waals surface area contributed by atoms with Gasteiger partial charge in [0.1, 0.15) is 0 Å². The Hall–Kier alpha value is -12.3. The first-order valence-corrected chi connectivity index (χ1v) is 38.7. The van der Waals surface area contributed by atoms with Gasteiger partial charge < -0.3 is 36.9 Å². The monoisotopic (exact) mass is 1890 g/mol. The molecule has 0 saturated carbocycles. The van der Waals surface area contributed by atoms with Crippen LogP contribution in [0.5, 0.6) is 0 Å². The van der Waals surface area contributed by atoms with Crippen molar-refractivity contribution in [3.8, 4) is 56.3 Å². The molecule has 124 heavy (non-hydrogen) atoms. The summed E-state index contributed by atoms with van der Waals surface area (Å²) in [6, 6.07) is 96.0. The molecule has 20 aromatic rings. The number of hydrogen-bond donors (Lipinski definition) is 0. The van der Waals surface area contributed by atoms with Crippen LogP contribution in [-0.4, -0.2) is 71.6 Å². The Morgan fingerprint density at radius 1 is 0.363 bits per heavy atom. The van der Waals surface area contributed by atoms with Gasteiger partial charge in [0.25, 0.3) is 0 Å². The zero-order valence-electron chi connectivity index (χ0n) is 66.0. The van der Waals surface area contributed by atoms with E-state index in [0.717, 1.165) is 116 Å². The number of halogens is 4. The van der Waals surface area contributed by atoms with Crippen molar-refractivity contribution in [3.63, 3.8) is 0 Å². The summed E-state index contributed by atoms with van der Waals surface area (Å²) in [5, 5.41) is 8.47. The van der Waals surface area contributed by atoms with Crippen molar-refractivity contribution in [3.05, 3.63) is 404 Å².